The van der Waals surface area contributed by atoms with Gasteiger partial charge in [-0.15, -0.1) is 0 Å². The zero-order chi connectivity index (χ0) is 23.1. The number of benzene rings is 1. The number of piperidine rings is 1. The van der Waals surface area contributed by atoms with Gasteiger partial charge in [0.2, 0.25) is 5.95 Å². The van der Waals surface area contributed by atoms with Crippen molar-refractivity contribution in [3.63, 3.8) is 0 Å². The second-order valence-electron chi connectivity index (χ2n) is 8.37. The summed E-state index contributed by atoms with van der Waals surface area (Å²) in [4.78, 5) is 15.6. The van der Waals surface area contributed by atoms with Crippen LogP contribution in [0.3, 0.4) is 0 Å². The average Bonchev–Trinajstić information content (AvgIpc) is 2.80. The molecule has 0 unspecified atom stereocenters. The number of ether oxygens (including phenoxy) is 1. The summed E-state index contributed by atoms with van der Waals surface area (Å²) in [7, 11) is 0. The normalized spacial score (nSPS) is 17.1. The number of anilines is 2. The minimum Gasteiger partial charge on any atom is -0.403 e. The number of nitrogens with one attached hydrogen (secondary N) is 1. The molecule has 0 spiro atoms. The van der Waals surface area contributed by atoms with Gasteiger partial charge in [-0.2, -0.15) is 0 Å². The van der Waals surface area contributed by atoms with Crippen LogP contribution in [0, 0.1) is 5.41 Å². The van der Waals surface area contributed by atoms with E-state index in [4.69, 9.17) is 33.7 Å². The van der Waals surface area contributed by atoms with Crippen LogP contribution >= 0.6 is 23.2 Å². The SMILES string of the molecule is CCCN=C(Cl)C(=CN)Nc1ncc2cc(Cl)c(N3CCC(C)(COCC)CC3)cc2n1. The number of halogens is 2. The van der Waals surface area contributed by atoms with E-state index in [9.17, 15) is 0 Å². The van der Waals surface area contributed by atoms with Crippen molar-refractivity contribution in [3.05, 3.63) is 35.2 Å². The summed E-state index contributed by atoms with van der Waals surface area (Å²) in [6.07, 6.45) is 6.11. The monoisotopic (exact) mass is 478 g/mol. The maximum atomic E-state index is 6.63. The molecule has 1 saturated heterocycles. The molecular weight excluding hydrogens is 447 g/mol. The third kappa shape index (κ3) is 6.03. The lowest BCUT2D eigenvalue weighted by Crippen LogP contribution is -2.41. The number of nitrogens with two attached hydrogens (primary N) is 1. The molecule has 0 radical (unpaired) electrons. The lowest BCUT2D eigenvalue weighted by Gasteiger charge is -2.40. The Labute approximate surface area is 200 Å². The van der Waals surface area contributed by atoms with Crippen molar-refractivity contribution >= 4 is 50.9 Å². The highest BCUT2D eigenvalue weighted by Crippen LogP contribution is 2.37. The van der Waals surface area contributed by atoms with E-state index in [-0.39, 0.29) is 5.41 Å². The first-order chi connectivity index (χ1) is 15.4. The molecule has 2 aromatic rings. The Bertz CT molecular complexity index is 986. The van der Waals surface area contributed by atoms with Gasteiger partial charge in [-0.05, 0) is 43.7 Å². The molecule has 7 nitrogen and oxygen atoms in total. The van der Waals surface area contributed by atoms with Crippen LogP contribution in [0.4, 0.5) is 11.6 Å². The van der Waals surface area contributed by atoms with Crippen LogP contribution in [0.5, 0.6) is 0 Å². The molecule has 1 aromatic carbocycles. The lowest BCUT2D eigenvalue weighted by atomic mass is 9.81. The first-order valence-electron chi connectivity index (χ1n) is 11.1. The van der Waals surface area contributed by atoms with E-state index in [1.54, 1.807) is 6.20 Å². The number of aromatic nitrogens is 2. The highest BCUT2D eigenvalue weighted by molar-refractivity contribution is 6.69. The maximum absolute atomic E-state index is 6.63. The second-order valence-corrected chi connectivity index (χ2v) is 9.13. The molecule has 32 heavy (non-hydrogen) atoms. The van der Waals surface area contributed by atoms with E-state index in [0.29, 0.717) is 28.4 Å². The lowest BCUT2D eigenvalue weighted by molar-refractivity contribution is 0.0459. The number of rotatable bonds is 9. The molecule has 1 fully saturated rings. The minimum absolute atomic E-state index is 0.207. The molecule has 0 amide bonds. The molecule has 0 atom stereocenters. The second kappa shape index (κ2) is 11.2. The Balaban J connectivity index is 1.79. The Morgan fingerprint density at radius 2 is 2.09 bits per heavy atom. The van der Waals surface area contributed by atoms with Gasteiger partial charge in [0.15, 0.2) is 0 Å². The number of allylic oxidation sites excluding steroid dienone is 1. The average molecular weight is 479 g/mol. The van der Waals surface area contributed by atoms with E-state index in [0.717, 1.165) is 62.2 Å². The third-order valence-electron chi connectivity index (χ3n) is 5.72. The van der Waals surface area contributed by atoms with Crippen LogP contribution in [0.2, 0.25) is 5.02 Å². The first kappa shape index (κ1) is 24.6. The van der Waals surface area contributed by atoms with Crippen LogP contribution < -0.4 is 16.0 Å². The molecule has 0 aliphatic carbocycles. The van der Waals surface area contributed by atoms with Crippen LogP contribution in [-0.2, 0) is 4.74 Å². The Hall–Kier alpha value is -2.09. The summed E-state index contributed by atoms with van der Waals surface area (Å²) < 4.78 is 5.69. The Morgan fingerprint density at radius 1 is 1.34 bits per heavy atom. The van der Waals surface area contributed by atoms with Crippen molar-refractivity contribution in [2.24, 2.45) is 16.1 Å². The molecule has 2 heterocycles. The molecule has 174 valence electrons. The van der Waals surface area contributed by atoms with Crippen molar-refractivity contribution in [1.29, 1.82) is 0 Å². The fraction of sp³-hybridized carbons (Fsp3) is 0.522. The van der Waals surface area contributed by atoms with Gasteiger partial charge >= 0.3 is 0 Å². The fourth-order valence-electron chi connectivity index (χ4n) is 3.70. The summed E-state index contributed by atoms with van der Waals surface area (Å²) in [5, 5.41) is 4.94. The van der Waals surface area contributed by atoms with Gasteiger partial charge in [-0.25, -0.2) is 9.97 Å². The van der Waals surface area contributed by atoms with Crippen molar-refractivity contribution in [3.8, 4) is 0 Å². The zero-order valence-corrected chi connectivity index (χ0v) is 20.5. The van der Waals surface area contributed by atoms with Crippen molar-refractivity contribution in [2.45, 2.75) is 40.0 Å². The van der Waals surface area contributed by atoms with Gasteiger partial charge in [0.05, 0.1) is 28.5 Å². The molecule has 1 aromatic heterocycles. The first-order valence-corrected chi connectivity index (χ1v) is 11.8. The Kier molecular flexibility index (Phi) is 8.57. The largest absolute Gasteiger partial charge is 0.403 e. The smallest absolute Gasteiger partial charge is 0.227 e. The van der Waals surface area contributed by atoms with Crippen LogP contribution in [-0.4, -0.2) is 48.0 Å². The Morgan fingerprint density at radius 3 is 2.75 bits per heavy atom. The molecule has 9 heteroatoms. The molecule has 3 rings (SSSR count). The minimum atomic E-state index is 0.207. The number of aliphatic imine (C=N–C) groups is 1. The molecule has 0 saturated carbocycles. The molecular formula is C23H32Cl2N6O. The van der Waals surface area contributed by atoms with Crippen LogP contribution in [0.15, 0.2) is 35.2 Å². The number of fused-ring (bicyclic) bond motifs is 1. The predicted molar refractivity (Wildman–Crippen MR) is 135 cm³/mol. The van der Waals surface area contributed by atoms with E-state index in [1.165, 1.54) is 6.20 Å². The predicted octanol–water partition coefficient (Wildman–Crippen LogP) is 5.19. The molecule has 1 aliphatic heterocycles. The number of hydrogen-bond acceptors (Lipinski definition) is 7. The highest BCUT2D eigenvalue weighted by atomic mass is 35.5. The van der Waals surface area contributed by atoms with E-state index in [2.05, 4.69) is 32.1 Å². The van der Waals surface area contributed by atoms with E-state index in [1.807, 2.05) is 26.0 Å². The van der Waals surface area contributed by atoms with Crippen molar-refractivity contribution in [2.75, 3.05) is 43.1 Å². The van der Waals surface area contributed by atoms with Gasteiger partial charge in [0, 0.05) is 44.0 Å². The van der Waals surface area contributed by atoms with Gasteiger partial charge < -0.3 is 20.7 Å². The van der Waals surface area contributed by atoms with Crippen LogP contribution in [0.1, 0.15) is 40.0 Å². The van der Waals surface area contributed by atoms with Gasteiger partial charge in [0.1, 0.15) is 5.17 Å². The third-order valence-corrected chi connectivity index (χ3v) is 6.35. The summed E-state index contributed by atoms with van der Waals surface area (Å²) >= 11 is 12.9. The van der Waals surface area contributed by atoms with Gasteiger partial charge in [-0.3, -0.25) is 4.99 Å². The summed E-state index contributed by atoms with van der Waals surface area (Å²) in [6, 6.07) is 3.94. The number of hydrogen-bond donors (Lipinski definition) is 2. The molecule has 0 bridgehead atoms. The van der Waals surface area contributed by atoms with Crippen LogP contribution in [0.25, 0.3) is 10.9 Å². The fourth-order valence-corrected chi connectivity index (χ4v) is 4.19. The topological polar surface area (TPSA) is 88.7 Å². The standard InChI is InChI=1S/C23H32Cl2N6O/c1-4-8-27-21(25)19(13-26)30-22-28-14-16-11-17(24)20(12-18(16)29-22)31-9-6-23(3,7-10-31)15-32-5-2/h11-14H,4-10,15,26H2,1-3H3,(H,28,29,30). The van der Waals surface area contributed by atoms with E-state index >= 15 is 0 Å². The number of nitrogens with zero attached hydrogens (tertiary/aromatic N) is 4. The van der Waals surface area contributed by atoms with Gasteiger partial charge in [0.25, 0.3) is 0 Å². The van der Waals surface area contributed by atoms with Crippen molar-refractivity contribution in [1.82, 2.24) is 9.97 Å². The van der Waals surface area contributed by atoms with Gasteiger partial charge in [-0.1, -0.05) is 37.0 Å². The summed E-state index contributed by atoms with van der Waals surface area (Å²) in [5.74, 6) is 0.398. The zero-order valence-electron chi connectivity index (χ0n) is 19.0. The highest BCUT2D eigenvalue weighted by Gasteiger charge is 2.31. The quantitative estimate of drug-likeness (QED) is 0.482. The molecule has 1 aliphatic rings. The summed E-state index contributed by atoms with van der Waals surface area (Å²) in [5.41, 5.74) is 8.18. The summed E-state index contributed by atoms with van der Waals surface area (Å²) in [6.45, 7) is 10.4. The van der Waals surface area contributed by atoms with Crippen molar-refractivity contribution < 1.29 is 4.74 Å². The van der Waals surface area contributed by atoms with E-state index < -0.39 is 0 Å². The molecule has 3 N–H and O–H groups in total. The maximum Gasteiger partial charge on any atom is 0.227 e.